The van der Waals surface area contributed by atoms with Crippen LogP contribution in [0.3, 0.4) is 0 Å². The van der Waals surface area contributed by atoms with Gasteiger partial charge in [0.2, 0.25) is 0 Å². The van der Waals surface area contributed by atoms with Gasteiger partial charge >= 0.3 is 5.97 Å². The maximum absolute atomic E-state index is 11.0. The van der Waals surface area contributed by atoms with E-state index in [0.29, 0.717) is 11.4 Å². The van der Waals surface area contributed by atoms with E-state index in [1.165, 1.54) is 16.9 Å². The summed E-state index contributed by atoms with van der Waals surface area (Å²) in [4.78, 5) is 11.4. The number of aromatic carboxylic acids is 1. The number of anilines is 1. The molecule has 4 heteroatoms. The molecule has 3 nitrogen and oxygen atoms in total. The lowest BCUT2D eigenvalue weighted by molar-refractivity contribution is 0.0701. The summed E-state index contributed by atoms with van der Waals surface area (Å²) in [5.41, 5.74) is 4.23. The fraction of sp³-hybridized carbons (Fsp3) is 0.214. The van der Waals surface area contributed by atoms with Crippen molar-refractivity contribution in [3.63, 3.8) is 0 Å². The average Bonchev–Trinajstić information content (AvgIpc) is 2.79. The molecule has 0 saturated heterocycles. The van der Waals surface area contributed by atoms with E-state index in [-0.39, 0.29) is 0 Å². The molecule has 2 N–H and O–H groups in total. The minimum Gasteiger partial charge on any atom is -0.477 e. The minimum atomic E-state index is -0.859. The zero-order valence-corrected chi connectivity index (χ0v) is 11.2. The van der Waals surface area contributed by atoms with Crippen LogP contribution in [0.15, 0.2) is 29.6 Å². The van der Waals surface area contributed by atoms with Crippen molar-refractivity contribution in [3.05, 3.63) is 51.2 Å². The molecule has 2 rings (SSSR count). The summed E-state index contributed by atoms with van der Waals surface area (Å²) in [6.07, 6.45) is 0. The molecule has 0 saturated carbocycles. The van der Waals surface area contributed by atoms with Crippen LogP contribution in [0.5, 0.6) is 0 Å². The summed E-state index contributed by atoms with van der Waals surface area (Å²) in [7, 11) is 0. The van der Waals surface area contributed by atoms with Gasteiger partial charge in [-0.05, 0) is 48.1 Å². The van der Waals surface area contributed by atoms with E-state index in [9.17, 15) is 4.79 Å². The largest absolute Gasteiger partial charge is 0.477 e. The Morgan fingerprint density at radius 1 is 1.33 bits per heavy atom. The number of rotatable bonds is 4. The molecule has 1 aromatic heterocycles. The molecule has 0 radical (unpaired) electrons. The summed E-state index contributed by atoms with van der Waals surface area (Å²) in [6.45, 7) is 4.61. The van der Waals surface area contributed by atoms with Crippen LogP contribution in [0.25, 0.3) is 0 Å². The van der Waals surface area contributed by atoms with Gasteiger partial charge in [0.05, 0.1) is 0 Å². The number of carboxylic acid groups (broad SMARTS) is 1. The van der Waals surface area contributed by atoms with Gasteiger partial charge in [-0.1, -0.05) is 12.1 Å². The van der Waals surface area contributed by atoms with Gasteiger partial charge < -0.3 is 10.4 Å². The molecule has 0 atom stereocenters. The second kappa shape index (κ2) is 5.23. The predicted octanol–water partition coefficient (Wildman–Crippen LogP) is 3.68. The van der Waals surface area contributed by atoms with Crippen molar-refractivity contribution in [3.8, 4) is 0 Å². The van der Waals surface area contributed by atoms with Crippen molar-refractivity contribution in [1.82, 2.24) is 0 Å². The Morgan fingerprint density at radius 3 is 2.83 bits per heavy atom. The van der Waals surface area contributed by atoms with E-state index >= 15 is 0 Å². The molecule has 0 bridgehead atoms. The summed E-state index contributed by atoms with van der Waals surface area (Å²) >= 11 is 1.26. The van der Waals surface area contributed by atoms with E-state index in [1.807, 2.05) is 25.3 Å². The number of carboxylic acids is 1. The molecule has 0 aliphatic heterocycles. The molecule has 1 heterocycles. The fourth-order valence-corrected chi connectivity index (χ4v) is 2.54. The molecule has 94 valence electrons. The Morgan fingerprint density at radius 2 is 2.11 bits per heavy atom. The van der Waals surface area contributed by atoms with Crippen LogP contribution in [0.2, 0.25) is 0 Å². The van der Waals surface area contributed by atoms with Crippen LogP contribution in [0.1, 0.15) is 26.4 Å². The lowest BCUT2D eigenvalue weighted by Crippen LogP contribution is -2.05. The van der Waals surface area contributed by atoms with Crippen molar-refractivity contribution >= 4 is 23.0 Å². The Bertz CT molecular complexity index is 575. The summed E-state index contributed by atoms with van der Waals surface area (Å²) in [6, 6.07) is 8.05. The molecule has 0 amide bonds. The number of carbonyl (C=O) groups is 1. The highest BCUT2D eigenvalue weighted by Gasteiger charge is 2.11. The Balaban J connectivity index is 2.14. The highest BCUT2D eigenvalue weighted by Crippen LogP contribution is 2.21. The quantitative estimate of drug-likeness (QED) is 0.882. The van der Waals surface area contributed by atoms with Crippen LogP contribution >= 0.6 is 11.3 Å². The molecule has 0 aliphatic rings. The molecule has 0 fully saturated rings. The maximum Gasteiger partial charge on any atom is 0.346 e. The zero-order chi connectivity index (χ0) is 13.1. The lowest BCUT2D eigenvalue weighted by Gasteiger charge is -2.10. The second-order valence-electron chi connectivity index (χ2n) is 4.25. The van der Waals surface area contributed by atoms with E-state index < -0.39 is 5.97 Å². The fourth-order valence-electron chi connectivity index (χ4n) is 1.78. The lowest BCUT2D eigenvalue weighted by atomic mass is 10.1. The third-order valence-corrected chi connectivity index (χ3v) is 3.75. The number of aryl methyl sites for hydroxylation is 2. The minimum absolute atomic E-state index is 0.410. The molecular formula is C14H15NO2S. The van der Waals surface area contributed by atoms with Crippen molar-refractivity contribution < 1.29 is 9.90 Å². The van der Waals surface area contributed by atoms with Gasteiger partial charge in [0.15, 0.2) is 0 Å². The molecule has 0 unspecified atom stereocenters. The van der Waals surface area contributed by atoms with E-state index in [4.69, 9.17) is 5.11 Å². The smallest absolute Gasteiger partial charge is 0.346 e. The normalized spacial score (nSPS) is 10.3. The van der Waals surface area contributed by atoms with E-state index in [0.717, 1.165) is 16.8 Å². The first-order valence-corrected chi connectivity index (χ1v) is 6.56. The summed E-state index contributed by atoms with van der Waals surface area (Å²) in [5.74, 6) is -0.859. The molecule has 1 aromatic carbocycles. The first-order valence-electron chi connectivity index (χ1n) is 5.68. The highest BCUT2D eigenvalue weighted by molar-refractivity contribution is 7.12. The first kappa shape index (κ1) is 12.6. The van der Waals surface area contributed by atoms with Gasteiger partial charge in [0.1, 0.15) is 4.88 Å². The average molecular weight is 261 g/mol. The van der Waals surface area contributed by atoms with Gasteiger partial charge in [-0.25, -0.2) is 4.79 Å². The Labute approximate surface area is 110 Å². The number of benzene rings is 1. The third-order valence-electron chi connectivity index (χ3n) is 2.80. The molecule has 0 spiro atoms. The molecule has 0 aliphatic carbocycles. The summed E-state index contributed by atoms with van der Waals surface area (Å²) in [5, 5.41) is 14.1. The molecule has 18 heavy (non-hydrogen) atoms. The zero-order valence-electron chi connectivity index (χ0n) is 10.4. The van der Waals surface area contributed by atoms with Gasteiger partial charge in [0.25, 0.3) is 0 Å². The summed E-state index contributed by atoms with van der Waals surface area (Å²) < 4.78 is 0. The molecular weight excluding hydrogens is 246 g/mol. The Hall–Kier alpha value is -1.81. The Kier molecular flexibility index (Phi) is 3.67. The monoisotopic (exact) mass is 261 g/mol. The van der Waals surface area contributed by atoms with Crippen LogP contribution in [0, 0.1) is 13.8 Å². The van der Waals surface area contributed by atoms with Crippen LogP contribution in [0.4, 0.5) is 5.69 Å². The van der Waals surface area contributed by atoms with Gasteiger partial charge in [-0.15, -0.1) is 11.3 Å². The third kappa shape index (κ3) is 2.71. The predicted molar refractivity (Wildman–Crippen MR) is 74.5 cm³/mol. The number of thiophene rings is 1. The van der Waals surface area contributed by atoms with Crippen molar-refractivity contribution in [2.45, 2.75) is 20.4 Å². The van der Waals surface area contributed by atoms with Gasteiger partial charge in [-0.2, -0.15) is 0 Å². The first-order chi connectivity index (χ1) is 8.58. The van der Waals surface area contributed by atoms with Crippen molar-refractivity contribution in [2.75, 3.05) is 5.32 Å². The van der Waals surface area contributed by atoms with Crippen LogP contribution in [-0.4, -0.2) is 11.1 Å². The van der Waals surface area contributed by atoms with Gasteiger partial charge in [0, 0.05) is 12.2 Å². The van der Waals surface area contributed by atoms with Crippen LogP contribution in [-0.2, 0) is 6.54 Å². The standard InChI is InChI=1S/C14H15NO2S/c1-9-3-4-10(2)12(7-9)15-8-11-5-6-18-13(11)14(16)17/h3-7,15H,8H2,1-2H3,(H,16,17). The number of nitrogens with one attached hydrogen (secondary N) is 1. The number of hydrogen-bond acceptors (Lipinski definition) is 3. The van der Waals surface area contributed by atoms with Crippen LogP contribution < -0.4 is 5.32 Å². The maximum atomic E-state index is 11.0. The van der Waals surface area contributed by atoms with Crippen molar-refractivity contribution in [1.29, 1.82) is 0 Å². The second-order valence-corrected chi connectivity index (χ2v) is 5.17. The van der Waals surface area contributed by atoms with Gasteiger partial charge in [-0.3, -0.25) is 0 Å². The van der Waals surface area contributed by atoms with E-state index in [2.05, 4.69) is 23.5 Å². The van der Waals surface area contributed by atoms with Crippen molar-refractivity contribution in [2.24, 2.45) is 0 Å². The molecule has 2 aromatic rings. The topological polar surface area (TPSA) is 49.3 Å². The highest BCUT2D eigenvalue weighted by atomic mass is 32.1. The SMILES string of the molecule is Cc1ccc(C)c(NCc2ccsc2C(=O)O)c1. The number of hydrogen-bond donors (Lipinski definition) is 2. The van der Waals surface area contributed by atoms with E-state index in [1.54, 1.807) is 0 Å².